The van der Waals surface area contributed by atoms with Crippen molar-refractivity contribution in [2.24, 2.45) is 7.05 Å². The molecule has 10 heteroatoms. The Bertz CT molecular complexity index is 933. The number of thioether (sulfide) groups is 1. The van der Waals surface area contributed by atoms with Crippen molar-refractivity contribution in [3.63, 3.8) is 0 Å². The normalized spacial score (nSPS) is 15.3. The van der Waals surface area contributed by atoms with Gasteiger partial charge in [0.2, 0.25) is 15.9 Å². The van der Waals surface area contributed by atoms with Gasteiger partial charge in [-0.15, -0.1) is 10.2 Å². The van der Waals surface area contributed by atoms with Crippen molar-refractivity contribution >= 4 is 27.7 Å². The topological polar surface area (TPSA) is 97.2 Å². The lowest BCUT2D eigenvalue weighted by molar-refractivity contribution is -0.119. The van der Waals surface area contributed by atoms with Crippen LogP contribution in [-0.4, -0.2) is 58.3 Å². The lowest BCUT2D eigenvalue weighted by atomic mass is 10.2. The van der Waals surface area contributed by atoms with E-state index in [1.807, 2.05) is 20.9 Å². The molecule has 28 heavy (non-hydrogen) atoms. The zero-order valence-electron chi connectivity index (χ0n) is 16.3. The second kappa shape index (κ2) is 8.62. The maximum Gasteiger partial charge on any atom is 0.243 e. The van der Waals surface area contributed by atoms with Gasteiger partial charge in [-0.1, -0.05) is 11.8 Å². The minimum atomic E-state index is -3.43. The van der Waals surface area contributed by atoms with Crippen LogP contribution in [0.15, 0.2) is 34.3 Å². The van der Waals surface area contributed by atoms with E-state index in [9.17, 15) is 13.2 Å². The van der Waals surface area contributed by atoms with E-state index in [0.29, 0.717) is 29.0 Å². The molecule has 2 heterocycles. The highest BCUT2D eigenvalue weighted by molar-refractivity contribution is 7.99. The molecule has 3 rings (SSSR count). The lowest BCUT2D eigenvalue weighted by Gasteiger charge is -2.15. The molecule has 0 saturated carbocycles. The summed E-state index contributed by atoms with van der Waals surface area (Å²) in [6, 6.07) is 6.81. The van der Waals surface area contributed by atoms with Crippen LogP contribution in [0.25, 0.3) is 11.4 Å². The highest BCUT2D eigenvalue weighted by Gasteiger charge is 2.27. The quantitative estimate of drug-likeness (QED) is 0.683. The second-order valence-electron chi connectivity index (χ2n) is 7.01. The van der Waals surface area contributed by atoms with Gasteiger partial charge in [0, 0.05) is 31.7 Å². The summed E-state index contributed by atoms with van der Waals surface area (Å²) < 4.78 is 28.6. The molecule has 0 radical (unpaired) electrons. The van der Waals surface area contributed by atoms with Crippen molar-refractivity contribution in [3.8, 4) is 11.4 Å². The molecule has 1 fully saturated rings. The number of aromatic nitrogens is 3. The first-order valence-electron chi connectivity index (χ1n) is 9.21. The fourth-order valence-corrected chi connectivity index (χ4v) is 5.28. The standard InChI is InChI=1S/C18H25N5O3S2/c1-13(2)19-16(24)12-27-18-21-20-17(22(18)3)14-6-8-15(9-7-14)28(25,26)23-10-4-5-11-23/h6-9,13H,4-5,10-12H2,1-3H3,(H,19,24). The Kier molecular flexibility index (Phi) is 6.41. The first-order valence-corrected chi connectivity index (χ1v) is 11.6. The summed E-state index contributed by atoms with van der Waals surface area (Å²) >= 11 is 1.31. The highest BCUT2D eigenvalue weighted by atomic mass is 32.2. The maximum atomic E-state index is 12.6. The van der Waals surface area contributed by atoms with Crippen LogP contribution in [0.1, 0.15) is 26.7 Å². The van der Waals surface area contributed by atoms with E-state index in [1.54, 1.807) is 28.8 Å². The van der Waals surface area contributed by atoms with Gasteiger partial charge in [-0.25, -0.2) is 8.42 Å². The molecule has 1 aliphatic rings. The Labute approximate surface area is 169 Å². The average Bonchev–Trinajstić information content (AvgIpc) is 3.30. The van der Waals surface area contributed by atoms with E-state index in [0.717, 1.165) is 18.4 Å². The van der Waals surface area contributed by atoms with E-state index in [-0.39, 0.29) is 17.7 Å². The number of hydrogen-bond acceptors (Lipinski definition) is 6. The summed E-state index contributed by atoms with van der Waals surface area (Å²) in [5.41, 5.74) is 0.772. The van der Waals surface area contributed by atoms with Gasteiger partial charge < -0.3 is 9.88 Å². The van der Waals surface area contributed by atoms with E-state index < -0.39 is 10.0 Å². The molecule has 1 aromatic carbocycles. The van der Waals surface area contributed by atoms with Gasteiger partial charge in [-0.05, 0) is 51.0 Å². The molecule has 1 amide bonds. The van der Waals surface area contributed by atoms with Crippen LogP contribution < -0.4 is 5.32 Å². The SMILES string of the molecule is CC(C)NC(=O)CSc1nnc(-c2ccc(S(=O)(=O)N3CCCC3)cc2)n1C. The predicted molar refractivity (Wildman–Crippen MR) is 108 cm³/mol. The number of rotatable bonds is 7. The van der Waals surface area contributed by atoms with Crippen molar-refractivity contribution in [1.29, 1.82) is 0 Å². The van der Waals surface area contributed by atoms with Crippen LogP contribution in [0.3, 0.4) is 0 Å². The Morgan fingerprint density at radius 3 is 2.43 bits per heavy atom. The van der Waals surface area contributed by atoms with E-state index >= 15 is 0 Å². The van der Waals surface area contributed by atoms with Crippen molar-refractivity contribution < 1.29 is 13.2 Å². The molecule has 0 spiro atoms. The minimum Gasteiger partial charge on any atom is -0.353 e. The number of nitrogens with one attached hydrogen (secondary N) is 1. The summed E-state index contributed by atoms with van der Waals surface area (Å²) in [6.07, 6.45) is 1.82. The molecule has 0 atom stereocenters. The maximum absolute atomic E-state index is 12.6. The summed E-state index contributed by atoms with van der Waals surface area (Å²) in [6.45, 7) is 4.99. The van der Waals surface area contributed by atoms with Crippen molar-refractivity contribution in [2.45, 2.75) is 42.8 Å². The molecule has 0 bridgehead atoms. The number of benzene rings is 1. The zero-order chi connectivity index (χ0) is 20.3. The summed E-state index contributed by atoms with van der Waals surface area (Å²) in [5.74, 6) is 0.829. The monoisotopic (exact) mass is 423 g/mol. The molecule has 0 aliphatic carbocycles. The first kappa shape index (κ1) is 20.8. The number of sulfonamides is 1. The van der Waals surface area contributed by atoms with Crippen molar-refractivity contribution in [3.05, 3.63) is 24.3 Å². The molecular formula is C18H25N5O3S2. The van der Waals surface area contributed by atoms with E-state index in [2.05, 4.69) is 15.5 Å². The Balaban J connectivity index is 1.72. The smallest absolute Gasteiger partial charge is 0.243 e. The third-order valence-corrected chi connectivity index (χ3v) is 7.37. The highest BCUT2D eigenvalue weighted by Crippen LogP contribution is 2.26. The Hall–Kier alpha value is -1.91. The third kappa shape index (κ3) is 4.56. The van der Waals surface area contributed by atoms with Gasteiger partial charge in [0.15, 0.2) is 11.0 Å². The van der Waals surface area contributed by atoms with Crippen LogP contribution >= 0.6 is 11.8 Å². The fourth-order valence-electron chi connectivity index (χ4n) is 3.04. The molecule has 8 nitrogen and oxygen atoms in total. The molecular weight excluding hydrogens is 398 g/mol. The number of hydrogen-bond donors (Lipinski definition) is 1. The molecule has 1 saturated heterocycles. The van der Waals surface area contributed by atoms with Gasteiger partial charge in [0.25, 0.3) is 0 Å². The van der Waals surface area contributed by atoms with Crippen LogP contribution in [0, 0.1) is 0 Å². The van der Waals surface area contributed by atoms with Crippen LogP contribution in [0.2, 0.25) is 0 Å². The molecule has 2 aromatic rings. The third-order valence-electron chi connectivity index (χ3n) is 4.43. The van der Waals surface area contributed by atoms with Crippen molar-refractivity contribution in [1.82, 2.24) is 24.4 Å². The van der Waals surface area contributed by atoms with Gasteiger partial charge in [0.1, 0.15) is 0 Å². The molecule has 0 unspecified atom stereocenters. The number of amides is 1. The van der Waals surface area contributed by atoms with Crippen molar-refractivity contribution in [2.75, 3.05) is 18.8 Å². The van der Waals surface area contributed by atoms with Gasteiger partial charge in [-0.3, -0.25) is 4.79 Å². The summed E-state index contributed by atoms with van der Waals surface area (Å²) in [5, 5.41) is 11.8. The van der Waals surface area contributed by atoms with E-state index in [1.165, 1.54) is 16.1 Å². The Morgan fingerprint density at radius 1 is 1.18 bits per heavy atom. The second-order valence-corrected chi connectivity index (χ2v) is 9.89. The van der Waals surface area contributed by atoms with Crippen LogP contribution in [0.5, 0.6) is 0 Å². The molecule has 152 valence electrons. The van der Waals surface area contributed by atoms with Gasteiger partial charge >= 0.3 is 0 Å². The predicted octanol–water partition coefficient (Wildman–Crippen LogP) is 1.88. The largest absolute Gasteiger partial charge is 0.353 e. The van der Waals surface area contributed by atoms with Gasteiger partial charge in [-0.2, -0.15) is 4.31 Å². The minimum absolute atomic E-state index is 0.0546. The average molecular weight is 424 g/mol. The Morgan fingerprint density at radius 2 is 1.82 bits per heavy atom. The summed E-state index contributed by atoms with van der Waals surface area (Å²) in [7, 11) is -1.60. The number of carbonyl (C=O) groups is 1. The summed E-state index contributed by atoms with van der Waals surface area (Å²) in [4.78, 5) is 12.1. The molecule has 1 N–H and O–H groups in total. The number of nitrogens with zero attached hydrogens (tertiary/aromatic N) is 4. The molecule has 1 aromatic heterocycles. The first-order chi connectivity index (χ1) is 13.3. The lowest BCUT2D eigenvalue weighted by Crippen LogP contribution is -2.31. The van der Waals surface area contributed by atoms with Gasteiger partial charge in [0.05, 0.1) is 10.6 Å². The van der Waals surface area contributed by atoms with Crippen LogP contribution in [-0.2, 0) is 21.9 Å². The fraction of sp³-hybridized carbons (Fsp3) is 0.500. The zero-order valence-corrected chi connectivity index (χ0v) is 17.9. The van der Waals surface area contributed by atoms with E-state index in [4.69, 9.17) is 0 Å². The molecule has 1 aliphatic heterocycles. The van der Waals surface area contributed by atoms with Crippen LogP contribution in [0.4, 0.5) is 0 Å². The number of carbonyl (C=O) groups excluding carboxylic acids is 1.